The van der Waals surface area contributed by atoms with E-state index in [2.05, 4.69) is 15.5 Å². The summed E-state index contributed by atoms with van der Waals surface area (Å²) in [5.74, 6) is 1.71. The first-order valence-electron chi connectivity index (χ1n) is 8.50. The number of anilines is 1. The number of nitrogens with zero attached hydrogens (tertiary/aromatic N) is 2. The number of carbonyl (C=O) groups excluding carboxylic acids is 1. The van der Waals surface area contributed by atoms with Crippen LogP contribution >= 0.6 is 11.3 Å². The summed E-state index contributed by atoms with van der Waals surface area (Å²) in [5, 5.41) is 12.7. The Morgan fingerprint density at radius 1 is 1.16 bits per heavy atom. The molecule has 1 aliphatic carbocycles. The average molecular weight is 357 g/mol. The molecule has 0 radical (unpaired) electrons. The molecule has 25 heavy (non-hydrogen) atoms. The van der Waals surface area contributed by atoms with Gasteiger partial charge in [0.05, 0.1) is 0 Å². The Hall–Kier alpha value is -2.41. The zero-order valence-corrected chi connectivity index (χ0v) is 14.6. The van der Waals surface area contributed by atoms with Crippen molar-refractivity contribution in [2.45, 2.75) is 38.0 Å². The first-order chi connectivity index (χ1) is 12.3. The minimum Gasteiger partial charge on any atom is -0.454 e. The van der Waals surface area contributed by atoms with Crippen molar-refractivity contribution in [3.63, 3.8) is 0 Å². The van der Waals surface area contributed by atoms with E-state index in [-0.39, 0.29) is 12.7 Å². The van der Waals surface area contributed by atoms with E-state index >= 15 is 0 Å². The smallest absolute Gasteiger partial charge is 0.250 e. The van der Waals surface area contributed by atoms with Crippen LogP contribution in [-0.4, -0.2) is 22.9 Å². The molecule has 2 aromatic rings. The van der Waals surface area contributed by atoms with Gasteiger partial charge in [0.25, 0.3) is 0 Å². The average Bonchev–Trinajstić information content (AvgIpc) is 3.29. The van der Waals surface area contributed by atoms with Crippen LogP contribution in [-0.2, 0) is 4.79 Å². The van der Waals surface area contributed by atoms with Gasteiger partial charge in [0, 0.05) is 12.0 Å². The van der Waals surface area contributed by atoms with E-state index < -0.39 is 0 Å². The first kappa shape index (κ1) is 16.1. The van der Waals surface area contributed by atoms with E-state index in [0.717, 1.165) is 16.3 Å². The maximum absolute atomic E-state index is 12.1. The molecule has 4 rings (SSSR count). The first-order valence-corrected chi connectivity index (χ1v) is 9.32. The van der Waals surface area contributed by atoms with Gasteiger partial charge >= 0.3 is 0 Å². The maximum Gasteiger partial charge on any atom is 0.250 e. The van der Waals surface area contributed by atoms with Crippen molar-refractivity contribution < 1.29 is 14.3 Å². The van der Waals surface area contributed by atoms with Crippen LogP contribution in [0, 0.1) is 0 Å². The van der Waals surface area contributed by atoms with Gasteiger partial charge in [0.1, 0.15) is 5.01 Å². The van der Waals surface area contributed by atoms with Crippen molar-refractivity contribution >= 4 is 28.5 Å². The number of benzene rings is 1. The van der Waals surface area contributed by atoms with Crippen LogP contribution in [0.3, 0.4) is 0 Å². The number of ether oxygens (including phenoxy) is 2. The number of fused-ring (bicyclic) bond motifs is 1. The summed E-state index contributed by atoms with van der Waals surface area (Å²) in [7, 11) is 0. The van der Waals surface area contributed by atoms with E-state index in [1.54, 1.807) is 6.08 Å². The number of nitrogens with one attached hydrogen (secondary N) is 1. The van der Waals surface area contributed by atoms with Gasteiger partial charge in [-0.15, -0.1) is 10.2 Å². The Labute approximate surface area is 149 Å². The molecule has 7 heteroatoms. The van der Waals surface area contributed by atoms with E-state index in [4.69, 9.17) is 9.47 Å². The van der Waals surface area contributed by atoms with Gasteiger partial charge in [-0.25, -0.2) is 0 Å². The molecule has 0 atom stereocenters. The highest BCUT2D eigenvalue weighted by molar-refractivity contribution is 7.15. The summed E-state index contributed by atoms with van der Waals surface area (Å²) in [6.45, 7) is 0.239. The normalized spacial score (nSPS) is 17.1. The lowest BCUT2D eigenvalue weighted by Gasteiger charge is -2.18. The molecular formula is C18H19N3O3S. The van der Waals surface area contributed by atoms with Crippen molar-refractivity contribution in [2.75, 3.05) is 12.1 Å². The van der Waals surface area contributed by atoms with Crippen LogP contribution in [0.1, 0.15) is 48.6 Å². The SMILES string of the molecule is O=C(C=Cc1ccc2c(c1)OCO2)Nc1nnc(C2CCCCC2)s1. The largest absolute Gasteiger partial charge is 0.454 e. The van der Waals surface area contributed by atoms with Crippen molar-refractivity contribution in [1.29, 1.82) is 0 Å². The topological polar surface area (TPSA) is 73.3 Å². The molecule has 1 amide bonds. The number of aromatic nitrogens is 2. The standard InChI is InChI=1S/C18H19N3O3S/c22-16(9-7-12-6-8-14-15(10-12)24-11-23-14)19-18-21-20-17(25-18)13-4-2-1-3-5-13/h6-10,13H,1-5,11H2,(H,19,21,22). The zero-order valence-electron chi connectivity index (χ0n) is 13.7. The van der Waals surface area contributed by atoms with Crippen LogP contribution < -0.4 is 14.8 Å². The van der Waals surface area contributed by atoms with Crippen molar-refractivity contribution in [1.82, 2.24) is 10.2 Å². The molecule has 0 spiro atoms. The number of rotatable bonds is 4. The van der Waals surface area contributed by atoms with Gasteiger partial charge in [-0.3, -0.25) is 10.1 Å². The zero-order chi connectivity index (χ0) is 17.1. The number of carbonyl (C=O) groups is 1. The lowest BCUT2D eigenvalue weighted by atomic mass is 9.90. The van der Waals surface area contributed by atoms with Gasteiger partial charge in [-0.2, -0.15) is 0 Å². The summed E-state index contributed by atoms with van der Waals surface area (Å²) in [5.41, 5.74) is 0.875. The lowest BCUT2D eigenvalue weighted by molar-refractivity contribution is -0.111. The summed E-state index contributed by atoms with van der Waals surface area (Å²) in [6.07, 6.45) is 9.39. The van der Waals surface area contributed by atoms with Gasteiger partial charge in [-0.1, -0.05) is 36.7 Å². The molecule has 1 aromatic heterocycles. The second-order valence-corrected chi connectivity index (χ2v) is 7.22. The monoisotopic (exact) mass is 357 g/mol. The minimum atomic E-state index is -0.219. The number of amides is 1. The van der Waals surface area contributed by atoms with Crippen molar-refractivity contribution in [2.24, 2.45) is 0 Å². The number of hydrogen-bond acceptors (Lipinski definition) is 6. The molecule has 130 valence electrons. The van der Waals surface area contributed by atoms with Crippen molar-refractivity contribution in [3.8, 4) is 11.5 Å². The van der Waals surface area contributed by atoms with E-state index in [0.29, 0.717) is 16.8 Å². The molecule has 0 bridgehead atoms. The van der Waals surface area contributed by atoms with Crippen molar-refractivity contribution in [3.05, 3.63) is 34.8 Å². The molecule has 1 aromatic carbocycles. The Morgan fingerprint density at radius 3 is 2.88 bits per heavy atom. The van der Waals surface area contributed by atoms with E-state index in [1.807, 2.05) is 18.2 Å². The molecule has 0 unspecified atom stereocenters. The van der Waals surface area contributed by atoms with Gasteiger partial charge in [0.2, 0.25) is 17.8 Å². The van der Waals surface area contributed by atoms with Crippen LogP contribution in [0.4, 0.5) is 5.13 Å². The summed E-state index contributed by atoms with van der Waals surface area (Å²) in [6, 6.07) is 5.56. The fourth-order valence-corrected chi connectivity index (χ4v) is 4.05. The fourth-order valence-electron chi connectivity index (χ4n) is 3.14. The molecule has 2 aliphatic rings. The van der Waals surface area contributed by atoms with Gasteiger partial charge in [-0.05, 0) is 36.6 Å². The quantitative estimate of drug-likeness (QED) is 0.838. The second kappa shape index (κ2) is 7.23. The highest BCUT2D eigenvalue weighted by Crippen LogP contribution is 2.35. The summed E-state index contributed by atoms with van der Waals surface area (Å²) < 4.78 is 10.6. The molecule has 0 saturated heterocycles. The Kier molecular flexibility index (Phi) is 4.65. The third-order valence-electron chi connectivity index (χ3n) is 4.45. The summed E-state index contributed by atoms with van der Waals surface area (Å²) in [4.78, 5) is 12.1. The molecule has 1 fully saturated rings. The van der Waals surface area contributed by atoms with E-state index in [9.17, 15) is 4.79 Å². The predicted octanol–water partition coefficient (Wildman–Crippen LogP) is 3.97. The third-order valence-corrected chi connectivity index (χ3v) is 5.45. The van der Waals surface area contributed by atoms with Crippen LogP contribution in [0.25, 0.3) is 6.08 Å². The Bertz CT molecular complexity index is 797. The highest BCUT2D eigenvalue weighted by atomic mass is 32.1. The molecule has 2 heterocycles. The van der Waals surface area contributed by atoms with Crippen LogP contribution in [0.5, 0.6) is 11.5 Å². The molecule has 6 nitrogen and oxygen atoms in total. The van der Waals surface area contributed by atoms with E-state index in [1.165, 1.54) is 49.5 Å². The van der Waals surface area contributed by atoms with Crippen LogP contribution in [0.15, 0.2) is 24.3 Å². The molecular weight excluding hydrogens is 338 g/mol. The number of hydrogen-bond donors (Lipinski definition) is 1. The maximum atomic E-state index is 12.1. The minimum absolute atomic E-state index is 0.219. The summed E-state index contributed by atoms with van der Waals surface area (Å²) >= 11 is 1.48. The Morgan fingerprint density at radius 2 is 2.00 bits per heavy atom. The molecule has 1 saturated carbocycles. The fraction of sp³-hybridized carbons (Fsp3) is 0.389. The van der Waals surface area contributed by atoms with Gasteiger partial charge in [0.15, 0.2) is 11.5 Å². The molecule has 1 N–H and O–H groups in total. The van der Waals surface area contributed by atoms with Gasteiger partial charge < -0.3 is 9.47 Å². The molecule has 1 aliphatic heterocycles. The van der Waals surface area contributed by atoms with Crippen LogP contribution in [0.2, 0.25) is 0 Å². The Balaban J connectivity index is 1.36. The predicted molar refractivity (Wildman–Crippen MR) is 96.0 cm³/mol. The lowest BCUT2D eigenvalue weighted by Crippen LogP contribution is -2.07. The second-order valence-electron chi connectivity index (χ2n) is 6.22. The highest BCUT2D eigenvalue weighted by Gasteiger charge is 2.20. The third kappa shape index (κ3) is 3.82.